The predicted octanol–water partition coefficient (Wildman–Crippen LogP) is 14.9. The van der Waals surface area contributed by atoms with Gasteiger partial charge in [-0.1, -0.05) is 164 Å². The maximum Gasteiger partial charge on any atom is 0.145 e. The van der Waals surface area contributed by atoms with E-state index in [2.05, 4.69) is 217 Å². The fraction of sp³-hybridized carbons (Fsp3) is 0. The Labute approximate surface area is 314 Å². The SMILES string of the molecule is c1ccc(-c2ccc(-c3ccc(N(c4ccc(-c5ccccc5)cc4)c4cccc5ccc6c7ccc(-c8ccccc8)cc7oc6c45)cc3)cc2)cc1. The minimum absolute atomic E-state index is 0.884. The van der Waals surface area contributed by atoms with Crippen LogP contribution in [0.1, 0.15) is 0 Å². The average Bonchev–Trinajstić information content (AvgIpc) is 3.64. The minimum atomic E-state index is 0.884. The van der Waals surface area contributed by atoms with Crippen molar-refractivity contribution in [3.8, 4) is 44.5 Å². The van der Waals surface area contributed by atoms with Gasteiger partial charge in [0.2, 0.25) is 0 Å². The molecule has 2 nitrogen and oxygen atoms in total. The number of hydrogen-bond acceptors (Lipinski definition) is 2. The zero-order chi connectivity index (χ0) is 35.8. The van der Waals surface area contributed by atoms with Gasteiger partial charge in [0.1, 0.15) is 11.2 Å². The van der Waals surface area contributed by atoms with Crippen molar-refractivity contribution in [1.29, 1.82) is 0 Å². The van der Waals surface area contributed by atoms with Gasteiger partial charge in [-0.15, -0.1) is 0 Å². The van der Waals surface area contributed by atoms with Gasteiger partial charge in [-0.25, -0.2) is 0 Å². The molecule has 0 aliphatic carbocycles. The van der Waals surface area contributed by atoms with Crippen molar-refractivity contribution < 1.29 is 4.42 Å². The van der Waals surface area contributed by atoms with E-state index in [4.69, 9.17) is 4.42 Å². The molecule has 0 amide bonds. The van der Waals surface area contributed by atoms with Gasteiger partial charge in [-0.3, -0.25) is 0 Å². The van der Waals surface area contributed by atoms with Gasteiger partial charge in [0, 0.05) is 27.5 Å². The molecule has 0 atom stereocenters. The molecule has 0 aliphatic heterocycles. The number of rotatable bonds is 7. The van der Waals surface area contributed by atoms with Gasteiger partial charge in [0.25, 0.3) is 0 Å². The van der Waals surface area contributed by atoms with Gasteiger partial charge >= 0.3 is 0 Å². The minimum Gasteiger partial charge on any atom is -0.455 e. The molecule has 2 heteroatoms. The van der Waals surface area contributed by atoms with E-state index in [1.54, 1.807) is 0 Å². The van der Waals surface area contributed by atoms with Crippen LogP contribution < -0.4 is 4.90 Å². The second-order valence-electron chi connectivity index (χ2n) is 13.7. The first-order valence-electron chi connectivity index (χ1n) is 18.4. The van der Waals surface area contributed by atoms with Gasteiger partial charge in [-0.05, 0) is 98.4 Å². The smallest absolute Gasteiger partial charge is 0.145 e. The average molecular weight is 690 g/mol. The zero-order valence-corrected chi connectivity index (χ0v) is 29.6. The van der Waals surface area contributed by atoms with E-state index in [1.807, 2.05) is 0 Å². The van der Waals surface area contributed by atoms with E-state index < -0.39 is 0 Å². The summed E-state index contributed by atoms with van der Waals surface area (Å²) in [4.78, 5) is 2.36. The monoisotopic (exact) mass is 689 g/mol. The first-order valence-corrected chi connectivity index (χ1v) is 18.4. The lowest BCUT2D eigenvalue weighted by Gasteiger charge is -2.27. The molecule has 0 aliphatic rings. The first kappa shape index (κ1) is 31.6. The van der Waals surface area contributed by atoms with Crippen LogP contribution in [0.3, 0.4) is 0 Å². The van der Waals surface area contributed by atoms with Crippen LogP contribution in [0.15, 0.2) is 217 Å². The number of fused-ring (bicyclic) bond motifs is 5. The van der Waals surface area contributed by atoms with E-state index in [1.165, 1.54) is 38.9 Å². The second kappa shape index (κ2) is 13.4. The Kier molecular flexibility index (Phi) is 7.85. The van der Waals surface area contributed by atoms with Crippen LogP contribution in [-0.2, 0) is 0 Å². The summed E-state index contributed by atoms with van der Waals surface area (Å²) in [6.45, 7) is 0. The Morgan fingerprint density at radius 3 is 1.26 bits per heavy atom. The molecule has 54 heavy (non-hydrogen) atoms. The van der Waals surface area contributed by atoms with Crippen LogP contribution in [0.5, 0.6) is 0 Å². The van der Waals surface area contributed by atoms with E-state index in [9.17, 15) is 0 Å². The highest BCUT2D eigenvalue weighted by atomic mass is 16.3. The fourth-order valence-electron chi connectivity index (χ4n) is 7.73. The maximum atomic E-state index is 6.86. The van der Waals surface area contributed by atoms with Crippen LogP contribution in [0.25, 0.3) is 77.2 Å². The number of furan rings is 1. The van der Waals surface area contributed by atoms with Crippen molar-refractivity contribution in [2.75, 3.05) is 4.90 Å². The topological polar surface area (TPSA) is 16.4 Å². The molecule has 0 saturated heterocycles. The van der Waals surface area contributed by atoms with Crippen molar-refractivity contribution in [3.63, 3.8) is 0 Å². The quantitative estimate of drug-likeness (QED) is 0.166. The van der Waals surface area contributed by atoms with Crippen LogP contribution in [0.2, 0.25) is 0 Å². The molecule has 0 N–H and O–H groups in total. The third kappa shape index (κ3) is 5.71. The number of nitrogens with zero attached hydrogens (tertiary/aromatic N) is 1. The fourth-order valence-corrected chi connectivity index (χ4v) is 7.73. The summed E-state index contributed by atoms with van der Waals surface area (Å²) >= 11 is 0. The van der Waals surface area contributed by atoms with Crippen LogP contribution in [0, 0.1) is 0 Å². The molecule has 254 valence electrons. The normalized spacial score (nSPS) is 11.3. The number of hydrogen-bond donors (Lipinski definition) is 0. The van der Waals surface area contributed by atoms with Gasteiger partial charge in [0.05, 0.1) is 5.69 Å². The largest absolute Gasteiger partial charge is 0.455 e. The Morgan fingerprint density at radius 2 is 0.741 bits per heavy atom. The molecule has 10 aromatic rings. The lowest BCUT2D eigenvalue weighted by Crippen LogP contribution is -2.10. The van der Waals surface area contributed by atoms with Crippen molar-refractivity contribution >= 4 is 49.8 Å². The number of anilines is 3. The van der Waals surface area contributed by atoms with Gasteiger partial charge in [-0.2, -0.15) is 0 Å². The van der Waals surface area contributed by atoms with Crippen molar-refractivity contribution in [2.45, 2.75) is 0 Å². The van der Waals surface area contributed by atoms with Gasteiger partial charge < -0.3 is 9.32 Å². The van der Waals surface area contributed by atoms with Crippen molar-refractivity contribution in [2.24, 2.45) is 0 Å². The van der Waals surface area contributed by atoms with E-state index in [0.717, 1.165) is 55.3 Å². The maximum absolute atomic E-state index is 6.86. The highest BCUT2D eigenvalue weighted by Gasteiger charge is 2.20. The summed E-state index contributed by atoms with van der Waals surface area (Å²) in [6, 6.07) is 75.7. The molecule has 1 heterocycles. The van der Waals surface area contributed by atoms with Crippen molar-refractivity contribution in [1.82, 2.24) is 0 Å². The Balaban J connectivity index is 1.11. The molecule has 0 bridgehead atoms. The Hall–Kier alpha value is -7.16. The Bertz CT molecular complexity index is 2880. The molecule has 0 radical (unpaired) electrons. The molecular formula is C52H35NO. The summed E-state index contributed by atoms with van der Waals surface area (Å²) in [6.07, 6.45) is 0. The summed E-state index contributed by atoms with van der Waals surface area (Å²) in [5, 5.41) is 4.43. The molecule has 0 unspecified atom stereocenters. The van der Waals surface area contributed by atoms with Crippen LogP contribution >= 0.6 is 0 Å². The predicted molar refractivity (Wildman–Crippen MR) is 228 cm³/mol. The Morgan fingerprint density at radius 1 is 0.315 bits per heavy atom. The molecule has 9 aromatic carbocycles. The standard InChI is InChI=1S/C52H35NO/c1-4-11-36(12-5-1)39-19-21-40(22-20-39)42-25-31-46(32-26-42)53(45-29-23-41(24-30-45)37-13-6-2-7-14-37)49-18-10-17-43-27-34-48-47-33-28-44(38-15-8-3-9-16-38)35-50(47)54-52(48)51(43)49/h1-35H. The third-order valence-corrected chi connectivity index (χ3v) is 10.5. The van der Waals surface area contributed by atoms with E-state index in [0.29, 0.717) is 0 Å². The second-order valence-corrected chi connectivity index (χ2v) is 13.7. The first-order chi connectivity index (χ1) is 26.8. The lowest BCUT2D eigenvalue weighted by atomic mass is 9.99. The number of benzene rings is 9. The molecular weight excluding hydrogens is 655 g/mol. The highest BCUT2D eigenvalue weighted by Crippen LogP contribution is 2.45. The highest BCUT2D eigenvalue weighted by molar-refractivity contribution is 6.19. The van der Waals surface area contributed by atoms with Crippen LogP contribution in [0.4, 0.5) is 17.1 Å². The van der Waals surface area contributed by atoms with E-state index in [-0.39, 0.29) is 0 Å². The molecule has 0 spiro atoms. The van der Waals surface area contributed by atoms with Crippen LogP contribution in [-0.4, -0.2) is 0 Å². The zero-order valence-electron chi connectivity index (χ0n) is 29.6. The molecule has 10 rings (SSSR count). The van der Waals surface area contributed by atoms with E-state index >= 15 is 0 Å². The summed E-state index contributed by atoms with van der Waals surface area (Å²) in [7, 11) is 0. The molecule has 0 saturated carbocycles. The lowest BCUT2D eigenvalue weighted by molar-refractivity contribution is 0.673. The molecule has 1 aromatic heterocycles. The summed E-state index contributed by atoms with van der Waals surface area (Å²) < 4.78 is 6.86. The third-order valence-electron chi connectivity index (χ3n) is 10.5. The molecule has 0 fully saturated rings. The van der Waals surface area contributed by atoms with Crippen molar-refractivity contribution in [3.05, 3.63) is 212 Å². The summed E-state index contributed by atoms with van der Waals surface area (Å²) in [5.41, 5.74) is 14.5. The van der Waals surface area contributed by atoms with Gasteiger partial charge in [0.15, 0.2) is 0 Å². The summed E-state index contributed by atoms with van der Waals surface area (Å²) in [5.74, 6) is 0.